The van der Waals surface area contributed by atoms with Crippen molar-refractivity contribution in [3.63, 3.8) is 0 Å². The van der Waals surface area contributed by atoms with Crippen LogP contribution < -0.4 is 0 Å². The molecule has 1 N–H and O–H groups in total. The van der Waals surface area contributed by atoms with Gasteiger partial charge in [-0.15, -0.1) is 0 Å². The van der Waals surface area contributed by atoms with E-state index in [1.807, 2.05) is 0 Å². The van der Waals surface area contributed by atoms with Gasteiger partial charge in [0.15, 0.2) is 0 Å². The summed E-state index contributed by atoms with van der Waals surface area (Å²) in [7, 11) is 0. The van der Waals surface area contributed by atoms with Crippen molar-refractivity contribution in [2.75, 3.05) is 0 Å². The maximum absolute atomic E-state index is 7.97. The summed E-state index contributed by atoms with van der Waals surface area (Å²) in [6.45, 7) is 6.68. The van der Waals surface area contributed by atoms with E-state index in [4.69, 9.17) is 5.21 Å². The molecule has 0 unspecified atom stereocenters. The Labute approximate surface area is 72.3 Å². The van der Waals surface area contributed by atoms with Crippen LogP contribution in [0.1, 0.15) is 19.3 Å². The van der Waals surface area contributed by atoms with Crippen molar-refractivity contribution in [2.45, 2.75) is 19.3 Å². The van der Waals surface area contributed by atoms with E-state index in [0.29, 0.717) is 5.71 Å². The summed E-state index contributed by atoms with van der Waals surface area (Å²) >= 11 is 0. The predicted octanol–water partition coefficient (Wildman–Crippen LogP) is 0.907. The number of hydrogen-bond donors (Lipinski definition) is 1. The number of allylic oxidation sites excluding steroid dienone is 2. The summed E-state index contributed by atoms with van der Waals surface area (Å²) in [4.78, 5) is 0. The van der Waals surface area contributed by atoms with Gasteiger partial charge >= 0.3 is 0 Å². The smallest absolute Gasteiger partial charge is 0.101 e. The first kappa shape index (κ1) is 12.8. The van der Waals surface area contributed by atoms with Gasteiger partial charge in [0.1, 0.15) is 5.71 Å². The van der Waals surface area contributed by atoms with Crippen molar-refractivity contribution < 1.29 is 5.21 Å². The lowest BCUT2D eigenvalue weighted by Gasteiger charge is -1.79. The molecular formula is C8H17NOSi. The van der Waals surface area contributed by atoms with Gasteiger partial charge in [-0.25, -0.2) is 0 Å². The number of rotatable bonds is 2. The first-order valence-electron chi connectivity index (χ1n) is 3.32. The largest absolute Gasteiger partial charge is 0.410 e. The normalized spacial score (nSPS) is 10.9. The molecule has 0 bridgehead atoms. The van der Waals surface area contributed by atoms with Crippen molar-refractivity contribution >= 4 is 16.7 Å². The molecule has 1 aliphatic carbocycles. The molecule has 3 heteroatoms. The minimum Gasteiger partial charge on any atom is -0.410 e. The van der Waals surface area contributed by atoms with Gasteiger partial charge in [-0.05, 0) is 23.1 Å². The van der Waals surface area contributed by atoms with E-state index in [2.05, 4.69) is 18.3 Å². The van der Waals surface area contributed by atoms with Crippen molar-refractivity contribution in [2.24, 2.45) is 5.16 Å². The number of hydrogen-bond acceptors (Lipinski definition) is 2. The lowest BCUT2D eigenvalue weighted by atomic mass is 10.4. The van der Waals surface area contributed by atoms with Gasteiger partial charge in [-0.3, -0.25) is 0 Å². The summed E-state index contributed by atoms with van der Waals surface area (Å²) in [6.07, 6.45) is 7.32. The Bertz CT molecular complexity index is 128. The highest BCUT2D eigenvalue weighted by molar-refractivity contribution is 6.02. The minimum absolute atomic E-state index is 0. The second-order valence-electron chi connectivity index (χ2n) is 1.99. The van der Waals surface area contributed by atoms with Crippen LogP contribution in [0.3, 0.4) is 0 Å². The highest BCUT2D eigenvalue weighted by Gasteiger charge is 1.95. The van der Waals surface area contributed by atoms with Crippen molar-refractivity contribution in [3.8, 4) is 0 Å². The monoisotopic (exact) mass is 171 g/mol. The first-order valence-corrected chi connectivity index (χ1v) is 3.32. The molecule has 64 valence electrons. The highest BCUT2D eigenvalue weighted by Crippen LogP contribution is 2.14. The van der Waals surface area contributed by atoms with Gasteiger partial charge in [0, 0.05) is 0 Å². The molecule has 1 saturated carbocycles. The fourth-order valence-electron chi connectivity index (χ4n) is 0.165. The van der Waals surface area contributed by atoms with E-state index >= 15 is 0 Å². The molecule has 11 heavy (non-hydrogen) atoms. The van der Waals surface area contributed by atoms with E-state index in [1.54, 1.807) is 0 Å². The van der Waals surface area contributed by atoms with Crippen LogP contribution in [-0.2, 0) is 0 Å². The van der Waals surface area contributed by atoms with Gasteiger partial charge in [-0.1, -0.05) is 37.6 Å². The zero-order chi connectivity index (χ0) is 7.82. The Hall–Kier alpha value is -0.833. The molecule has 1 rings (SSSR count). The van der Waals surface area contributed by atoms with Crippen LogP contribution in [0.5, 0.6) is 0 Å². The van der Waals surface area contributed by atoms with Crippen LogP contribution >= 0.6 is 0 Å². The van der Waals surface area contributed by atoms with Crippen LogP contribution in [-0.4, -0.2) is 21.9 Å². The molecule has 0 aromatic rings. The van der Waals surface area contributed by atoms with Gasteiger partial charge in [-0.2, -0.15) is 0 Å². The third kappa shape index (κ3) is 12.4. The zero-order valence-electron chi connectivity index (χ0n) is 6.08. The Balaban J connectivity index is 0. The predicted molar refractivity (Wildman–Crippen MR) is 54.8 cm³/mol. The summed E-state index contributed by atoms with van der Waals surface area (Å²) < 4.78 is 0. The minimum atomic E-state index is 0. The van der Waals surface area contributed by atoms with Crippen LogP contribution in [0.4, 0.5) is 0 Å². The first-order chi connectivity index (χ1) is 4.85. The van der Waals surface area contributed by atoms with Crippen LogP contribution in [0, 0.1) is 0 Å². The molecule has 0 amide bonds. The second-order valence-corrected chi connectivity index (χ2v) is 1.99. The van der Waals surface area contributed by atoms with Crippen molar-refractivity contribution in [1.82, 2.24) is 0 Å². The molecule has 0 radical (unpaired) electrons. The third-order valence-electron chi connectivity index (χ3n) is 0.887. The van der Waals surface area contributed by atoms with E-state index in [-0.39, 0.29) is 11.0 Å². The Morgan fingerprint density at radius 1 is 1.18 bits per heavy atom. The zero-order valence-corrected chi connectivity index (χ0v) is 6.08. The van der Waals surface area contributed by atoms with Crippen molar-refractivity contribution in [3.05, 3.63) is 25.3 Å². The van der Waals surface area contributed by atoms with Crippen LogP contribution in [0.25, 0.3) is 0 Å². The maximum Gasteiger partial charge on any atom is 0.101 e. The molecule has 0 heterocycles. The maximum atomic E-state index is 7.97. The fourth-order valence-corrected chi connectivity index (χ4v) is 0.165. The molecule has 0 aromatic carbocycles. The van der Waals surface area contributed by atoms with Gasteiger partial charge in [0.05, 0.1) is 0 Å². The lowest BCUT2D eigenvalue weighted by molar-refractivity contribution is 0.320. The second kappa shape index (κ2) is 9.17. The van der Waals surface area contributed by atoms with Crippen LogP contribution in [0.15, 0.2) is 30.5 Å². The van der Waals surface area contributed by atoms with E-state index in [1.165, 1.54) is 31.4 Å². The van der Waals surface area contributed by atoms with Gasteiger partial charge < -0.3 is 5.21 Å². The molecule has 1 aliphatic rings. The Kier molecular flexibility index (Phi) is 10.7. The summed E-state index contributed by atoms with van der Waals surface area (Å²) in [5, 5.41) is 10.8. The standard InChI is InChI=1S/C5H7NO.C3H6.H4Si/c1-3-5(4-2)6-7;1-2-3-1;/h3-4,7H,1-2H2;1-3H2;1H4. The number of oxime groups is 1. The fraction of sp³-hybridized carbons (Fsp3) is 0.375. The molecule has 0 saturated heterocycles. The molecule has 0 aromatic heterocycles. The number of nitrogens with zero attached hydrogens (tertiary/aromatic N) is 1. The SMILES string of the molecule is C1CC1.C=CC(C=C)=NO.[SiH4]. The highest BCUT2D eigenvalue weighted by atomic mass is 28.1. The molecule has 0 spiro atoms. The quantitative estimate of drug-likeness (QED) is 0.285. The summed E-state index contributed by atoms with van der Waals surface area (Å²) in [6, 6.07) is 0. The molecule has 0 aliphatic heterocycles. The average Bonchev–Trinajstić information content (AvgIpc) is 2.76. The summed E-state index contributed by atoms with van der Waals surface area (Å²) in [5.74, 6) is 0. The molecule has 1 fully saturated rings. The third-order valence-corrected chi connectivity index (χ3v) is 0.887. The van der Waals surface area contributed by atoms with Crippen LogP contribution in [0.2, 0.25) is 0 Å². The lowest BCUT2D eigenvalue weighted by Crippen LogP contribution is -1.81. The van der Waals surface area contributed by atoms with E-state index in [0.717, 1.165) is 0 Å². The topological polar surface area (TPSA) is 32.6 Å². The van der Waals surface area contributed by atoms with Crippen molar-refractivity contribution in [1.29, 1.82) is 0 Å². The molecule has 0 atom stereocenters. The Morgan fingerprint density at radius 3 is 1.55 bits per heavy atom. The van der Waals surface area contributed by atoms with E-state index in [9.17, 15) is 0 Å². The van der Waals surface area contributed by atoms with Gasteiger partial charge in [0.25, 0.3) is 0 Å². The molecular weight excluding hydrogens is 154 g/mol. The summed E-state index contributed by atoms with van der Waals surface area (Å²) in [5.41, 5.74) is 0.389. The molecule has 2 nitrogen and oxygen atoms in total. The Morgan fingerprint density at radius 2 is 1.55 bits per heavy atom. The average molecular weight is 171 g/mol. The van der Waals surface area contributed by atoms with Gasteiger partial charge in [0.2, 0.25) is 0 Å². The van der Waals surface area contributed by atoms with E-state index < -0.39 is 0 Å².